The smallest absolute Gasteiger partial charge is 0.350 e. The van der Waals surface area contributed by atoms with Gasteiger partial charge in [-0.2, -0.15) is 4.98 Å². The van der Waals surface area contributed by atoms with Gasteiger partial charge in [-0.1, -0.05) is 12.2 Å². The Bertz CT molecular complexity index is 458. The number of thioether (sulfide) groups is 1. The molecule has 6 heteroatoms. The van der Waals surface area contributed by atoms with Crippen LogP contribution in [0.5, 0.6) is 0 Å². The van der Waals surface area contributed by atoms with Crippen LogP contribution in [0.4, 0.5) is 5.82 Å². The molecule has 1 aromatic heterocycles. The second-order valence-electron chi connectivity index (χ2n) is 3.59. The van der Waals surface area contributed by atoms with Gasteiger partial charge in [0.2, 0.25) is 0 Å². The van der Waals surface area contributed by atoms with Gasteiger partial charge < -0.3 is 10.8 Å². The van der Waals surface area contributed by atoms with Gasteiger partial charge in [-0.05, 0) is 6.07 Å². The van der Waals surface area contributed by atoms with E-state index in [1.165, 1.54) is 4.57 Å². The highest BCUT2D eigenvalue weighted by Gasteiger charge is 2.17. The van der Waals surface area contributed by atoms with Gasteiger partial charge in [-0.15, -0.1) is 11.8 Å². The van der Waals surface area contributed by atoms with Crippen LogP contribution in [0.1, 0.15) is 5.37 Å². The number of aliphatic hydroxyl groups excluding tert-OH is 1. The number of rotatable bonds is 2. The number of nitrogen functional groups attached to an aromatic ring is 1. The normalized spacial score (nSPS) is 24.6. The molecule has 0 unspecified atom stereocenters. The molecule has 0 saturated heterocycles. The van der Waals surface area contributed by atoms with Crippen molar-refractivity contribution in [2.45, 2.75) is 5.37 Å². The van der Waals surface area contributed by atoms with Crippen molar-refractivity contribution in [1.82, 2.24) is 9.55 Å². The number of hydrogen-bond donors (Lipinski definition) is 2. The second kappa shape index (κ2) is 4.71. The molecule has 0 saturated carbocycles. The van der Waals surface area contributed by atoms with Crippen LogP contribution in [0.15, 0.2) is 29.2 Å². The molecule has 0 amide bonds. The van der Waals surface area contributed by atoms with E-state index in [0.717, 1.165) is 5.75 Å². The fourth-order valence-electron chi connectivity index (χ4n) is 1.49. The molecule has 1 aliphatic rings. The summed E-state index contributed by atoms with van der Waals surface area (Å²) in [7, 11) is 0. The van der Waals surface area contributed by atoms with E-state index < -0.39 is 0 Å². The Hall–Kier alpha value is -1.27. The number of anilines is 1. The predicted molar refractivity (Wildman–Crippen MR) is 64.1 cm³/mol. The first-order valence-electron chi connectivity index (χ1n) is 4.96. The van der Waals surface area contributed by atoms with Crippen LogP contribution < -0.4 is 11.4 Å². The third-order valence-electron chi connectivity index (χ3n) is 2.39. The van der Waals surface area contributed by atoms with Crippen LogP contribution in [-0.2, 0) is 0 Å². The monoisotopic (exact) mass is 239 g/mol. The van der Waals surface area contributed by atoms with E-state index in [1.54, 1.807) is 24.0 Å². The maximum absolute atomic E-state index is 11.6. The van der Waals surface area contributed by atoms with Crippen LogP contribution in [0.2, 0.25) is 0 Å². The van der Waals surface area contributed by atoms with Crippen LogP contribution >= 0.6 is 11.8 Å². The first-order chi connectivity index (χ1) is 7.70. The molecule has 0 bridgehead atoms. The van der Waals surface area contributed by atoms with Gasteiger partial charge in [-0.3, -0.25) is 4.57 Å². The van der Waals surface area contributed by atoms with Gasteiger partial charge in [-0.25, -0.2) is 4.79 Å². The maximum Gasteiger partial charge on any atom is 0.350 e. The minimum atomic E-state index is -0.343. The SMILES string of the molecule is Nc1ccn([C@@H]2C=C[C@H](CO)CS2)c(=O)n1. The molecule has 1 aromatic rings. The van der Waals surface area contributed by atoms with Crippen molar-refractivity contribution in [3.05, 3.63) is 34.9 Å². The molecule has 2 rings (SSSR count). The quantitative estimate of drug-likeness (QED) is 0.722. The average molecular weight is 239 g/mol. The summed E-state index contributed by atoms with van der Waals surface area (Å²) in [6.07, 6.45) is 5.49. The summed E-state index contributed by atoms with van der Waals surface area (Å²) in [5.74, 6) is 1.21. The Balaban J connectivity index is 2.23. The molecule has 1 aliphatic heterocycles. The van der Waals surface area contributed by atoms with Crippen molar-refractivity contribution in [2.75, 3.05) is 18.1 Å². The maximum atomic E-state index is 11.6. The average Bonchev–Trinajstić information content (AvgIpc) is 2.29. The topological polar surface area (TPSA) is 81.1 Å². The molecule has 0 aliphatic carbocycles. The fourth-order valence-corrected chi connectivity index (χ4v) is 2.68. The van der Waals surface area contributed by atoms with Crippen LogP contribution in [-0.4, -0.2) is 27.0 Å². The molecule has 2 heterocycles. The Morgan fingerprint density at radius 1 is 1.62 bits per heavy atom. The zero-order valence-corrected chi connectivity index (χ0v) is 9.43. The summed E-state index contributed by atoms with van der Waals surface area (Å²) < 4.78 is 1.53. The number of aromatic nitrogens is 2. The highest BCUT2D eigenvalue weighted by molar-refractivity contribution is 7.99. The number of aliphatic hydroxyl groups is 1. The lowest BCUT2D eigenvalue weighted by molar-refractivity contribution is 0.263. The van der Waals surface area contributed by atoms with E-state index in [-0.39, 0.29) is 29.4 Å². The largest absolute Gasteiger partial charge is 0.396 e. The molecule has 0 spiro atoms. The predicted octanol–water partition coefficient (Wildman–Crippen LogP) is 0.236. The lowest BCUT2D eigenvalue weighted by Gasteiger charge is -2.22. The number of hydrogen-bond acceptors (Lipinski definition) is 5. The van der Waals surface area contributed by atoms with Crippen LogP contribution in [0.3, 0.4) is 0 Å². The van der Waals surface area contributed by atoms with Gasteiger partial charge in [0.05, 0.1) is 6.61 Å². The van der Waals surface area contributed by atoms with E-state index in [0.29, 0.717) is 0 Å². The van der Waals surface area contributed by atoms with Crippen molar-refractivity contribution in [3.8, 4) is 0 Å². The molecular formula is C10H13N3O2S. The number of nitrogens with zero attached hydrogens (tertiary/aromatic N) is 2. The summed E-state index contributed by atoms with van der Waals surface area (Å²) in [6.45, 7) is 0.144. The first-order valence-corrected chi connectivity index (χ1v) is 6.01. The molecule has 3 N–H and O–H groups in total. The summed E-state index contributed by atoms with van der Waals surface area (Å²) in [5, 5.41) is 8.92. The summed E-state index contributed by atoms with van der Waals surface area (Å²) in [4.78, 5) is 15.2. The van der Waals surface area contributed by atoms with Crippen LogP contribution in [0, 0.1) is 5.92 Å². The molecule has 2 atom stereocenters. The molecule has 0 aromatic carbocycles. The highest BCUT2D eigenvalue weighted by Crippen LogP contribution is 2.30. The lowest BCUT2D eigenvalue weighted by atomic mass is 10.2. The van der Waals surface area contributed by atoms with Crippen LogP contribution in [0.25, 0.3) is 0 Å². The Kier molecular flexibility index (Phi) is 3.31. The molecule has 5 nitrogen and oxygen atoms in total. The van der Waals surface area contributed by atoms with Crippen molar-refractivity contribution in [2.24, 2.45) is 5.92 Å². The Labute approximate surface area is 97.0 Å². The zero-order chi connectivity index (χ0) is 11.5. The summed E-state index contributed by atoms with van der Waals surface area (Å²) in [5.41, 5.74) is 5.08. The molecule has 16 heavy (non-hydrogen) atoms. The van der Waals surface area contributed by atoms with Gasteiger partial charge in [0.1, 0.15) is 11.2 Å². The third-order valence-corrected chi connectivity index (χ3v) is 3.74. The third kappa shape index (κ3) is 2.28. The fraction of sp³-hybridized carbons (Fsp3) is 0.400. The minimum absolute atomic E-state index is 0.0524. The van der Waals surface area contributed by atoms with Gasteiger partial charge in [0.15, 0.2) is 0 Å². The molecular weight excluding hydrogens is 226 g/mol. The van der Waals surface area contributed by atoms with E-state index in [1.807, 2.05) is 12.2 Å². The van der Waals surface area contributed by atoms with Crippen molar-refractivity contribution < 1.29 is 5.11 Å². The Morgan fingerprint density at radius 2 is 2.44 bits per heavy atom. The van der Waals surface area contributed by atoms with Crippen molar-refractivity contribution >= 4 is 17.6 Å². The molecule has 0 radical (unpaired) electrons. The van der Waals surface area contributed by atoms with Crippen molar-refractivity contribution in [3.63, 3.8) is 0 Å². The highest BCUT2D eigenvalue weighted by atomic mass is 32.2. The van der Waals surface area contributed by atoms with E-state index >= 15 is 0 Å². The number of nitrogens with two attached hydrogens (primary N) is 1. The Morgan fingerprint density at radius 3 is 3.00 bits per heavy atom. The summed E-state index contributed by atoms with van der Waals surface area (Å²) in [6, 6.07) is 1.61. The first kappa shape index (κ1) is 11.2. The molecule has 0 fully saturated rings. The van der Waals surface area contributed by atoms with Gasteiger partial charge in [0.25, 0.3) is 0 Å². The lowest BCUT2D eigenvalue weighted by Crippen LogP contribution is -2.27. The zero-order valence-electron chi connectivity index (χ0n) is 8.61. The van der Waals surface area contributed by atoms with E-state index in [4.69, 9.17) is 10.8 Å². The summed E-state index contributed by atoms with van der Waals surface area (Å²) >= 11 is 1.60. The minimum Gasteiger partial charge on any atom is -0.396 e. The van der Waals surface area contributed by atoms with E-state index in [9.17, 15) is 4.79 Å². The molecule has 86 valence electrons. The van der Waals surface area contributed by atoms with Gasteiger partial charge >= 0.3 is 5.69 Å². The van der Waals surface area contributed by atoms with Crippen molar-refractivity contribution in [1.29, 1.82) is 0 Å². The van der Waals surface area contributed by atoms with E-state index in [2.05, 4.69) is 4.98 Å². The van der Waals surface area contributed by atoms with Gasteiger partial charge in [0, 0.05) is 17.9 Å². The standard InChI is InChI=1S/C10H13N3O2S/c11-8-3-4-13(10(15)12-8)9-2-1-7(5-14)6-16-9/h1-4,7,9,14H,5-6H2,(H2,11,12,15)/t7-,9+/m1/s1. The second-order valence-corrected chi connectivity index (χ2v) is 4.74.